The van der Waals surface area contributed by atoms with Crippen LogP contribution in [0, 0.1) is 13.8 Å². The molecule has 0 radical (unpaired) electrons. The molecule has 188 valence electrons. The number of nitrogens with zero attached hydrogens (tertiary/aromatic N) is 4. The predicted octanol–water partition coefficient (Wildman–Crippen LogP) is 3.20. The summed E-state index contributed by atoms with van der Waals surface area (Å²) < 4.78 is 13.9. The highest BCUT2D eigenvalue weighted by molar-refractivity contribution is 5.75. The van der Waals surface area contributed by atoms with Gasteiger partial charge in [0.25, 0.3) is 0 Å². The third kappa shape index (κ3) is 5.40. The van der Waals surface area contributed by atoms with Crippen LogP contribution in [0.4, 0.5) is 0 Å². The molecule has 2 aromatic heterocycles. The summed E-state index contributed by atoms with van der Waals surface area (Å²) in [6.45, 7) is 4.58. The molecule has 9 nitrogen and oxygen atoms in total. The van der Waals surface area contributed by atoms with Crippen LogP contribution in [0.1, 0.15) is 35.4 Å². The fourth-order valence-electron chi connectivity index (χ4n) is 4.06. The highest BCUT2D eigenvalue weighted by atomic mass is 16.5. The molecule has 2 aromatic carbocycles. The standard InChI is InChI=1S/C27H31N5O4/c1-18-8-10-21(16-19(18)2)31-14-15-32-24(29-30-26(32)27(31)34)6-5-7-25(33)28-13-12-20-9-11-22(35-3)23(17-20)36-4/h8-11,14-17H,5-7,12-13H2,1-4H3,(H,28,33). The largest absolute Gasteiger partial charge is 0.493 e. The molecule has 0 aliphatic carbocycles. The molecule has 0 saturated carbocycles. The Morgan fingerprint density at radius 2 is 1.75 bits per heavy atom. The van der Waals surface area contributed by atoms with Gasteiger partial charge in [0.15, 0.2) is 11.5 Å². The topological polar surface area (TPSA) is 99.8 Å². The van der Waals surface area contributed by atoms with E-state index in [1.54, 1.807) is 35.6 Å². The van der Waals surface area contributed by atoms with Crippen molar-refractivity contribution in [2.24, 2.45) is 0 Å². The lowest BCUT2D eigenvalue weighted by molar-refractivity contribution is -0.121. The van der Waals surface area contributed by atoms with E-state index in [-0.39, 0.29) is 17.1 Å². The maximum atomic E-state index is 13.0. The van der Waals surface area contributed by atoms with E-state index < -0.39 is 0 Å². The number of aryl methyl sites for hydroxylation is 3. The minimum Gasteiger partial charge on any atom is -0.493 e. The van der Waals surface area contributed by atoms with Gasteiger partial charge in [-0.25, -0.2) is 0 Å². The number of rotatable bonds is 10. The summed E-state index contributed by atoms with van der Waals surface area (Å²) in [5.74, 6) is 1.98. The fourth-order valence-corrected chi connectivity index (χ4v) is 4.06. The van der Waals surface area contributed by atoms with Crippen molar-refractivity contribution in [2.45, 2.75) is 39.5 Å². The zero-order valence-corrected chi connectivity index (χ0v) is 21.1. The Kier molecular flexibility index (Phi) is 7.68. The van der Waals surface area contributed by atoms with Crippen molar-refractivity contribution in [3.8, 4) is 17.2 Å². The Hall–Kier alpha value is -4.14. The number of methoxy groups -OCH3 is 2. The highest BCUT2D eigenvalue weighted by Crippen LogP contribution is 2.27. The smallest absolute Gasteiger partial charge is 0.300 e. The average Bonchev–Trinajstić information content (AvgIpc) is 3.29. The molecule has 0 saturated heterocycles. The third-order valence-electron chi connectivity index (χ3n) is 6.30. The Morgan fingerprint density at radius 3 is 2.50 bits per heavy atom. The van der Waals surface area contributed by atoms with E-state index >= 15 is 0 Å². The van der Waals surface area contributed by atoms with Gasteiger partial charge in [-0.15, -0.1) is 10.2 Å². The van der Waals surface area contributed by atoms with Crippen LogP contribution in [0.5, 0.6) is 11.5 Å². The van der Waals surface area contributed by atoms with Gasteiger partial charge in [-0.3, -0.25) is 18.6 Å². The molecule has 2 heterocycles. The predicted molar refractivity (Wildman–Crippen MR) is 137 cm³/mol. The van der Waals surface area contributed by atoms with Gasteiger partial charge >= 0.3 is 5.56 Å². The number of amides is 1. The van der Waals surface area contributed by atoms with Gasteiger partial charge in [-0.2, -0.15) is 0 Å². The first-order valence-electron chi connectivity index (χ1n) is 11.9. The van der Waals surface area contributed by atoms with Crippen LogP contribution in [0.25, 0.3) is 11.3 Å². The number of benzene rings is 2. The maximum absolute atomic E-state index is 13.0. The Labute approximate surface area is 209 Å². The molecule has 0 aliphatic rings. The minimum absolute atomic E-state index is 0.0265. The lowest BCUT2D eigenvalue weighted by Crippen LogP contribution is -2.25. The molecule has 0 bridgehead atoms. The van der Waals surface area contributed by atoms with E-state index in [1.807, 2.05) is 50.2 Å². The molecular weight excluding hydrogens is 458 g/mol. The summed E-state index contributed by atoms with van der Waals surface area (Å²) in [5.41, 5.74) is 4.16. The van der Waals surface area contributed by atoms with Gasteiger partial charge in [0.1, 0.15) is 5.82 Å². The van der Waals surface area contributed by atoms with Crippen molar-refractivity contribution in [2.75, 3.05) is 20.8 Å². The first-order valence-corrected chi connectivity index (χ1v) is 11.9. The third-order valence-corrected chi connectivity index (χ3v) is 6.30. The minimum atomic E-state index is -0.229. The Bertz CT molecular complexity index is 1440. The van der Waals surface area contributed by atoms with Gasteiger partial charge < -0.3 is 14.8 Å². The van der Waals surface area contributed by atoms with E-state index in [1.165, 1.54) is 5.56 Å². The molecule has 0 aliphatic heterocycles. The zero-order chi connectivity index (χ0) is 25.7. The second-order valence-electron chi connectivity index (χ2n) is 8.69. The molecule has 0 atom stereocenters. The summed E-state index contributed by atoms with van der Waals surface area (Å²) in [6, 6.07) is 11.6. The van der Waals surface area contributed by atoms with Crippen molar-refractivity contribution in [3.63, 3.8) is 0 Å². The van der Waals surface area contributed by atoms with Crippen molar-refractivity contribution < 1.29 is 14.3 Å². The van der Waals surface area contributed by atoms with Crippen LogP contribution < -0.4 is 20.3 Å². The summed E-state index contributed by atoms with van der Waals surface area (Å²) in [5, 5.41) is 11.3. The van der Waals surface area contributed by atoms with Gasteiger partial charge in [-0.1, -0.05) is 12.1 Å². The molecule has 0 unspecified atom stereocenters. The number of hydrogen-bond acceptors (Lipinski definition) is 6. The Morgan fingerprint density at radius 1 is 0.944 bits per heavy atom. The van der Waals surface area contributed by atoms with Crippen LogP contribution in [0.2, 0.25) is 0 Å². The monoisotopic (exact) mass is 489 g/mol. The number of carbonyl (C=O) groups excluding carboxylic acids is 1. The zero-order valence-electron chi connectivity index (χ0n) is 21.1. The van der Waals surface area contributed by atoms with E-state index in [9.17, 15) is 9.59 Å². The first-order chi connectivity index (χ1) is 17.4. The second kappa shape index (κ2) is 11.1. The summed E-state index contributed by atoms with van der Waals surface area (Å²) in [4.78, 5) is 25.3. The van der Waals surface area contributed by atoms with Gasteiger partial charge in [0.2, 0.25) is 11.6 Å². The lowest BCUT2D eigenvalue weighted by atomic mass is 10.1. The van der Waals surface area contributed by atoms with E-state index in [0.29, 0.717) is 49.6 Å². The van der Waals surface area contributed by atoms with Crippen molar-refractivity contribution in [3.05, 3.63) is 81.7 Å². The summed E-state index contributed by atoms with van der Waals surface area (Å²) in [7, 11) is 3.20. The fraction of sp³-hybridized carbons (Fsp3) is 0.333. The molecule has 36 heavy (non-hydrogen) atoms. The maximum Gasteiger partial charge on any atom is 0.300 e. The molecule has 0 fully saturated rings. The number of carbonyl (C=O) groups is 1. The van der Waals surface area contributed by atoms with E-state index in [0.717, 1.165) is 16.8 Å². The number of aromatic nitrogens is 4. The highest BCUT2D eigenvalue weighted by Gasteiger charge is 2.13. The lowest BCUT2D eigenvalue weighted by Gasteiger charge is -2.10. The van der Waals surface area contributed by atoms with Crippen molar-refractivity contribution >= 4 is 11.6 Å². The van der Waals surface area contributed by atoms with Gasteiger partial charge in [0, 0.05) is 37.5 Å². The second-order valence-corrected chi connectivity index (χ2v) is 8.69. The quantitative estimate of drug-likeness (QED) is 0.367. The number of ether oxygens (including phenoxy) is 2. The number of fused-ring (bicyclic) bond motifs is 1. The Balaban J connectivity index is 1.31. The van der Waals surface area contributed by atoms with Crippen molar-refractivity contribution in [1.82, 2.24) is 24.5 Å². The van der Waals surface area contributed by atoms with Crippen LogP contribution in [0.3, 0.4) is 0 Å². The molecular formula is C27H31N5O4. The molecule has 1 N–H and O–H groups in total. The normalized spacial score (nSPS) is 11.0. The molecule has 4 rings (SSSR count). The van der Waals surface area contributed by atoms with Crippen LogP contribution >= 0.6 is 0 Å². The first kappa shape index (κ1) is 25.0. The summed E-state index contributed by atoms with van der Waals surface area (Å²) >= 11 is 0. The SMILES string of the molecule is COc1ccc(CCNC(=O)CCCc2nnc3c(=O)n(-c4ccc(C)c(C)c4)ccn23)cc1OC. The molecule has 1 amide bonds. The summed E-state index contributed by atoms with van der Waals surface area (Å²) in [6.07, 6.45) is 5.71. The molecule has 4 aromatic rings. The van der Waals surface area contributed by atoms with Crippen LogP contribution in [-0.4, -0.2) is 45.8 Å². The van der Waals surface area contributed by atoms with Gasteiger partial charge in [-0.05, 0) is 67.6 Å². The number of hydrogen-bond donors (Lipinski definition) is 1. The van der Waals surface area contributed by atoms with E-state index in [2.05, 4.69) is 15.5 Å². The van der Waals surface area contributed by atoms with Crippen LogP contribution in [-0.2, 0) is 17.6 Å². The number of nitrogens with one attached hydrogen (secondary N) is 1. The molecule has 9 heteroatoms. The van der Waals surface area contributed by atoms with Crippen LogP contribution in [0.15, 0.2) is 53.6 Å². The van der Waals surface area contributed by atoms with Gasteiger partial charge in [0.05, 0.1) is 14.2 Å². The van der Waals surface area contributed by atoms with E-state index in [4.69, 9.17) is 9.47 Å². The van der Waals surface area contributed by atoms with Crippen molar-refractivity contribution in [1.29, 1.82) is 0 Å². The molecule has 0 spiro atoms. The average molecular weight is 490 g/mol.